The van der Waals surface area contributed by atoms with Crippen LogP contribution in [0, 0.1) is 0 Å². The van der Waals surface area contributed by atoms with Gasteiger partial charge in [0, 0.05) is 20.9 Å². The number of halogens is 1. The second-order valence-corrected chi connectivity index (χ2v) is 8.45. The Morgan fingerprint density at radius 2 is 1.89 bits per heavy atom. The molecule has 1 fully saturated rings. The molecule has 0 atom stereocenters. The van der Waals surface area contributed by atoms with Gasteiger partial charge in [0.15, 0.2) is 0 Å². The van der Waals surface area contributed by atoms with E-state index in [1.165, 1.54) is 0 Å². The van der Waals surface area contributed by atoms with E-state index in [1.54, 1.807) is 28.6 Å². The topological polar surface area (TPSA) is 52.7 Å². The van der Waals surface area contributed by atoms with Crippen molar-refractivity contribution in [1.82, 2.24) is 10.2 Å². The van der Waals surface area contributed by atoms with Crippen LogP contribution in [-0.2, 0) is 9.59 Å². The van der Waals surface area contributed by atoms with E-state index in [0.717, 1.165) is 34.0 Å². The lowest BCUT2D eigenvalue weighted by Gasteiger charge is -2.32. The predicted octanol–water partition coefficient (Wildman–Crippen LogP) is 3.68. The standard InChI is InChI=1S/C20H20ClN3O2S/c1-23(11-19(25)22-14-7-8-14)12-20(26)24-15-4-2-3-5-17(15)27-18-9-6-13(21)10-16(18)24/h2-6,9-10,14H,7-8,11-12H2,1H3,(H,22,25). The zero-order valence-corrected chi connectivity index (χ0v) is 16.5. The molecule has 5 nitrogen and oxygen atoms in total. The summed E-state index contributed by atoms with van der Waals surface area (Å²) in [5, 5.41) is 3.54. The maximum Gasteiger partial charge on any atom is 0.245 e. The van der Waals surface area contributed by atoms with Crippen molar-refractivity contribution in [3.05, 3.63) is 47.5 Å². The van der Waals surface area contributed by atoms with Crippen molar-refractivity contribution in [3.8, 4) is 0 Å². The number of carbonyl (C=O) groups is 2. The van der Waals surface area contributed by atoms with Crippen LogP contribution < -0.4 is 10.2 Å². The van der Waals surface area contributed by atoms with Gasteiger partial charge in [-0.05, 0) is 50.2 Å². The molecule has 1 saturated carbocycles. The molecular formula is C20H20ClN3O2S. The Labute approximate surface area is 167 Å². The van der Waals surface area contributed by atoms with Gasteiger partial charge in [-0.25, -0.2) is 0 Å². The van der Waals surface area contributed by atoms with Crippen LogP contribution in [0.15, 0.2) is 52.3 Å². The number of rotatable bonds is 5. The monoisotopic (exact) mass is 401 g/mol. The predicted molar refractivity (Wildman–Crippen MR) is 108 cm³/mol. The highest BCUT2D eigenvalue weighted by molar-refractivity contribution is 7.99. The average Bonchev–Trinajstić information content (AvgIpc) is 3.43. The lowest BCUT2D eigenvalue weighted by molar-refractivity contribution is -0.123. The summed E-state index contributed by atoms with van der Waals surface area (Å²) in [5.41, 5.74) is 1.63. The number of nitrogens with zero attached hydrogens (tertiary/aromatic N) is 2. The highest BCUT2D eigenvalue weighted by atomic mass is 35.5. The van der Waals surface area contributed by atoms with Crippen molar-refractivity contribution in [3.63, 3.8) is 0 Å². The molecule has 2 aromatic rings. The van der Waals surface area contributed by atoms with Gasteiger partial charge in [0.1, 0.15) is 0 Å². The maximum atomic E-state index is 13.2. The summed E-state index contributed by atoms with van der Waals surface area (Å²) in [6, 6.07) is 13.7. The van der Waals surface area contributed by atoms with Crippen LogP contribution >= 0.6 is 23.4 Å². The highest BCUT2D eigenvalue weighted by Crippen LogP contribution is 2.48. The first-order valence-corrected chi connectivity index (χ1v) is 10.1. The molecule has 4 rings (SSSR count). The van der Waals surface area contributed by atoms with Crippen LogP contribution in [0.25, 0.3) is 0 Å². The third-order valence-electron chi connectivity index (χ3n) is 4.50. The number of likely N-dealkylation sites (N-methyl/N-ethyl adjacent to an activating group) is 1. The fourth-order valence-corrected chi connectivity index (χ4v) is 4.30. The van der Waals surface area contributed by atoms with Crippen molar-refractivity contribution in [2.24, 2.45) is 0 Å². The maximum absolute atomic E-state index is 13.2. The van der Waals surface area contributed by atoms with Crippen LogP contribution in [0.1, 0.15) is 12.8 Å². The van der Waals surface area contributed by atoms with Crippen molar-refractivity contribution >= 4 is 46.6 Å². The van der Waals surface area contributed by atoms with Crippen molar-refractivity contribution < 1.29 is 9.59 Å². The normalized spacial score (nSPS) is 15.3. The number of nitrogens with one attached hydrogen (secondary N) is 1. The van der Waals surface area contributed by atoms with E-state index in [9.17, 15) is 9.59 Å². The van der Waals surface area contributed by atoms with Gasteiger partial charge in [-0.3, -0.25) is 19.4 Å². The van der Waals surface area contributed by atoms with Gasteiger partial charge in [0.25, 0.3) is 0 Å². The van der Waals surface area contributed by atoms with Gasteiger partial charge in [-0.15, -0.1) is 0 Å². The first kappa shape index (κ1) is 18.3. The Morgan fingerprint density at radius 3 is 2.67 bits per heavy atom. The number of fused-ring (bicyclic) bond motifs is 2. The second-order valence-electron chi connectivity index (χ2n) is 6.93. The van der Waals surface area contributed by atoms with Gasteiger partial charge < -0.3 is 5.32 Å². The minimum Gasteiger partial charge on any atom is -0.352 e. The Morgan fingerprint density at radius 1 is 1.15 bits per heavy atom. The van der Waals surface area contributed by atoms with E-state index in [4.69, 9.17) is 11.6 Å². The molecule has 1 N–H and O–H groups in total. The van der Waals surface area contributed by atoms with Gasteiger partial charge in [0.05, 0.1) is 24.5 Å². The van der Waals surface area contributed by atoms with Gasteiger partial charge in [0.2, 0.25) is 11.8 Å². The Bertz CT molecular complexity index is 901. The minimum absolute atomic E-state index is 0.0363. The van der Waals surface area contributed by atoms with Gasteiger partial charge in [-0.2, -0.15) is 0 Å². The fourth-order valence-electron chi connectivity index (χ4n) is 3.10. The molecule has 1 aliphatic heterocycles. The number of carbonyl (C=O) groups excluding carboxylic acids is 2. The molecular weight excluding hydrogens is 382 g/mol. The van der Waals surface area contributed by atoms with Crippen LogP contribution in [-0.4, -0.2) is 42.9 Å². The van der Waals surface area contributed by atoms with Crippen LogP contribution in [0.3, 0.4) is 0 Å². The molecule has 1 heterocycles. The third kappa shape index (κ3) is 4.13. The van der Waals surface area contributed by atoms with Crippen LogP contribution in [0.2, 0.25) is 5.02 Å². The number of benzene rings is 2. The molecule has 140 valence electrons. The Balaban J connectivity index is 1.55. The molecule has 2 aromatic carbocycles. The lowest BCUT2D eigenvalue weighted by Crippen LogP contribution is -2.42. The third-order valence-corrected chi connectivity index (χ3v) is 5.86. The van der Waals surface area contributed by atoms with Gasteiger partial charge >= 0.3 is 0 Å². The summed E-state index contributed by atoms with van der Waals surface area (Å²) >= 11 is 7.82. The SMILES string of the molecule is CN(CC(=O)NC1CC1)CC(=O)N1c2ccccc2Sc2ccc(Cl)cc21. The van der Waals surface area contributed by atoms with Crippen LogP contribution in [0.5, 0.6) is 0 Å². The van der Waals surface area contributed by atoms with Crippen LogP contribution in [0.4, 0.5) is 11.4 Å². The molecule has 0 radical (unpaired) electrons. The molecule has 0 spiro atoms. The molecule has 0 unspecified atom stereocenters. The van der Waals surface area contributed by atoms with Crippen molar-refractivity contribution in [2.45, 2.75) is 28.7 Å². The number of para-hydroxylation sites is 1. The molecule has 1 aliphatic carbocycles. The molecule has 0 saturated heterocycles. The van der Waals surface area contributed by atoms with Gasteiger partial charge in [-0.1, -0.05) is 35.5 Å². The fraction of sp³-hybridized carbons (Fsp3) is 0.300. The molecule has 2 aliphatic rings. The number of amides is 2. The van der Waals surface area contributed by atoms with E-state index in [1.807, 2.05) is 42.5 Å². The molecule has 27 heavy (non-hydrogen) atoms. The smallest absolute Gasteiger partial charge is 0.245 e. The van der Waals surface area contributed by atoms with Crippen molar-refractivity contribution in [2.75, 3.05) is 25.0 Å². The summed E-state index contributed by atoms with van der Waals surface area (Å²) in [4.78, 5) is 30.6. The first-order chi connectivity index (χ1) is 13.0. The molecule has 0 bridgehead atoms. The summed E-state index contributed by atoms with van der Waals surface area (Å²) in [6.45, 7) is 0.345. The zero-order chi connectivity index (χ0) is 19.0. The number of anilines is 2. The first-order valence-electron chi connectivity index (χ1n) is 8.88. The number of hydrogen-bond acceptors (Lipinski definition) is 4. The lowest BCUT2D eigenvalue weighted by atomic mass is 10.2. The minimum atomic E-state index is -0.0898. The largest absolute Gasteiger partial charge is 0.352 e. The zero-order valence-electron chi connectivity index (χ0n) is 14.9. The molecule has 2 amide bonds. The Kier molecular flexibility index (Phi) is 5.12. The summed E-state index contributed by atoms with van der Waals surface area (Å²) in [7, 11) is 1.79. The summed E-state index contributed by atoms with van der Waals surface area (Å²) < 4.78 is 0. The van der Waals surface area contributed by atoms with E-state index in [0.29, 0.717) is 11.1 Å². The van der Waals surface area contributed by atoms with E-state index < -0.39 is 0 Å². The highest BCUT2D eigenvalue weighted by Gasteiger charge is 2.29. The summed E-state index contributed by atoms with van der Waals surface area (Å²) in [6.07, 6.45) is 2.10. The average molecular weight is 402 g/mol. The number of hydrogen-bond donors (Lipinski definition) is 1. The Hall–Kier alpha value is -2.02. The molecule has 7 heteroatoms. The second kappa shape index (κ2) is 7.54. The van der Waals surface area contributed by atoms with E-state index >= 15 is 0 Å². The molecule has 0 aromatic heterocycles. The van der Waals surface area contributed by atoms with E-state index in [2.05, 4.69) is 5.32 Å². The summed E-state index contributed by atoms with van der Waals surface area (Å²) in [5.74, 6) is -0.126. The quantitative estimate of drug-likeness (QED) is 0.830. The van der Waals surface area contributed by atoms with Crippen molar-refractivity contribution in [1.29, 1.82) is 0 Å². The van der Waals surface area contributed by atoms with E-state index in [-0.39, 0.29) is 24.9 Å².